The minimum Gasteiger partial charge on any atom is -0.487 e. The second-order valence-corrected chi connectivity index (χ2v) is 6.26. The zero-order chi connectivity index (χ0) is 19.4. The van der Waals surface area contributed by atoms with Gasteiger partial charge in [0.2, 0.25) is 0 Å². The summed E-state index contributed by atoms with van der Waals surface area (Å²) in [5, 5.41) is 2.17. The van der Waals surface area contributed by atoms with Crippen LogP contribution in [0.25, 0.3) is 5.65 Å². The normalized spacial score (nSPS) is 11.6. The van der Waals surface area contributed by atoms with Gasteiger partial charge >= 0.3 is 0 Å². The van der Waals surface area contributed by atoms with E-state index in [0.717, 1.165) is 16.9 Å². The van der Waals surface area contributed by atoms with Crippen LogP contribution < -0.4 is 15.8 Å². The molecular weight excluding hydrogens is 354 g/mol. The number of benzene rings is 1. The van der Waals surface area contributed by atoms with Crippen molar-refractivity contribution in [3.05, 3.63) is 65.6 Å². The summed E-state index contributed by atoms with van der Waals surface area (Å²) >= 11 is 0. The SMILES string of the molecule is Cc1ccc2nc(COc3cccc(C(=O)NCC(F)(F)CN)c3)cn2c1. The molecule has 0 bridgehead atoms. The molecule has 0 spiro atoms. The van der Waals surface area contributed by atoms with E-state index in [1.165, 1.54) is 12.1 Å². The van der Waals surface area contributed by atoms with Crippen LogP contribution in [0, 0.1) is 6.92 Å². The fraction of sp³-hybridized carbons (Fsp3) is 0.263. The van der Waals surface area contributed by atoms with Gasteiger partial charge in [0.05, 0.1) is 18.8 Å². The number of fused-ring (bicyclic) bond motifs is 1. The molecule has 6 nitrogen and oxygen atoms in total. The van der Waals surface area contributed by atoms with Crippen LogP contribution in [-0.2, 0) is 6.61 Å². The van der Waals surface area contributed by atoms with Gasteiger partial charge in [-0.25, -0.2) is 13.8 Å². The Hall–Kier alpha value is -3.00. The van der Waals surface area contributed by atoms with Crippen LogP contribution in [0.1, 0.15) is 21.6 Å². The number of nitrogens with one attached hydrogen (secondary N) is 1. The predicted molar refractivity (Wildman–Crippen MR) is 97.0 cm³/mol. The first-order valence-electron chi connectivity index (χ1n) is 8.39. The first-order valence-corrected chi connectivity index (χ1v) is 8.39. The molecule has 2 heterocycles. The van der Waals surface area contributed by atoms with Gasteiger partial charge in [0.25, 0.3) is 11.8 Å². The van der Waals surface area contributed by atoms with Gasteiger partial charge in [-0.15, -0.1) is 0 Å². The maximum Gasteiger partial charge on any atom is 0.277 e. The van der Waals surface area contributed by atoms with Crippen LogP contribution in [0.5, 0.6) is 5.75 Å². The van der Waals surface area contributed by atoms with E-state index in [1.54, 1.807) is 12.1 Å². The molecule has 3 rings (SSSR count). The highest BCUT2D eigenvalue weighted by atomic mass is 19.3. The summed E-state index contributed by atoms with van der Waals surface area (Å²) in [4.78, 5) is 16.5. The number of rotatable bonds is 7. The Kier molecular flexibility index (Phi) is 5.36. The number of hydrogen-bond donors (Lipinski definition) is 2. The lowest BCUT2D eigenvalue weighted by molar-refractivity contribution is 0.0118. The summed E-state index contributed by atoms with van der Waals surface area (Å²) < 4.78 is 33.9. The van der Waals surface area contributed by atoms with Crippen molar-refractivity contribution in [3.8, 4) is 5.75 Å². The third kappa shape index (κ3) is 4.79. The van der Waals surface area contributed by atoms with E-state index in [-0.39, 0.29) is 12.2 Å². The zero-order valence-corrected chi connectivity index (χ0v) is 14.8. The molecule has 0 saturated heterocycles. The largest absolute Gasteiger partial charge is 0.487 e. The quantitative estimate of drug-likeness (QED) is 0.666. The lowest BCUT2D eigenvalue weighted by atomic mass is 10.2. The number of alkyl halides is 2. The Morgan fingerprint density at radius 2 is 2.11 bits per heavy atom. The van der Waals surface area contributed by atoms with Gasteiger partial charge in [0, 0.05) is 18.0 Å². The number of imidazole rings is 1. The van der Waals surface area contributed by atoms with Crippen LogP contribution in [-0.4, -0.2) is 34.3 Å². The van der Waals surface area contributed by atoms with Crippen molar-refractivity contribution in [2.24, 2.45) is 5.73 Å². The third-order valence-corrected chi connectivity index (χ3v) is 3.94. The highest BCUT2D eigenvalue weighted by Gasteiger charge is 2.27. The van der Waals surface area contributed by atoms with E-state index >= 15 is 0 Å². The average molecular weight is 374 g/mol. The van der Waals surface area contributed by atoms with Crippen LogP contribution in [0.3, 0.4) is 0 Å². The standard InChI is InChI=1S/C19H20F2N4O2/c1-13-5-6-17-24-15(9-25(17)8-13)10-27-16-4-2-3-14(7-16)18(26)23-12-19(20,21)11-22/h2-9H,10-12,22H2,1H3,(H,23,26). The number of carbonyl (C=O) groups excluding carboxylic acids is 1. The number of nitrogens with zero attached hydrogens (tertiary/aromatic N) is 2. The molecule has 2 aromatic heterocycles. The van der Waals surface area contributed by atoms with Crippen LogP contribution in [0.2, 0.25) is 0 Å². The number of halogens is 2. The van der Waals surface area contributed by atoms with Gasteiger partial charge in [-0.3, -0.25) is 4.79 Å². The summed E-state index contributed by atoms with van der Waals surface area (Å²) in [5.41, 5.74) is 7.85. The van der Waals surface area contributed by atoms with Crippen molar-refractivity contribution in [2.75, 3.05) is 13.1 Å². The third-order valence-electron chi connectivity index (χ3n) is 3.94. The van der Waals surface area contributed by atoms with E-state index < -0.39 is 24.9 Å². The van der Waals surface area contributed by atoms with E-state index in [1.807, 2.05) is 35.9 Å². The number of hydrogen-bond acceptors (Lipinski definition) is 4. The topological polar surface area (TPSA) is 81.6 Å². The molecule has 3 N–H and O–H groups in total. The minimum atomic E-state index is -3.13. The number of nitrogens with two attached hydrogens (primary N) is 1. The fourth-order valence-electron chi connectivity index (χ4n) is 2.49. The molecule has 142 valence electrons. The molecule has 1 amide bonds. The van der Waals surface area contributed by atoms with Gasteiger partial charge in [-0.2, -0.15) is 0 Å². The minimum absolute atomic E-state index is 0.219. The highest BCUT2D eigenvalue weighted by molar-refractivity contribution is 5.94. The zero-order valence-electron chi connectivity index (χ0n) is 14.8. The van der Waals surface area contributed by atoms with E-state index in [0.29, 0.717) is 5.75 Å². The molecular formula is C19H20F2N4O2. The van der Waals surface area contributed by atoms with Crippen molar-refractivity contribution in [2.45, 2.75) is 19.5 Å². The lowest BCUT2D eigenvalue weighted by Gasteiger charge is -2.14. The van der Waals surface area contributed by atoms with Gasteiger partial charge in [0.1, 0.15) is 18.0 Å². The maximum atomic E-state index is 13.2. The second-order valence-electron chi connectivity index (χ2n) is 6.26. The second kappa shape index (κ2) is 7.71. The van der Waals surface area contributed by atoms with Gasteiger partial charge in [-0.05, 0) is 36.8 Å². The summed E-state index contributed by atoms with van der Waals surface area (Å²) in [7, 11) is 0. The molecule has 0 aliphatic heterocycles. The molecule has 0 aliphatic carbocycles. The van der Waals surface area contributed by atoms with Crippen molar-refractivity contribution in [1.29, 1.82) is 0 Å². The van der Waals surface area contributed by atoms with Gasteiger partial charge in [0.15, 0.2) is 0 Å². The lowest BCUT2D eigenvalue weighted by Crippen LogP contribution is -2.41. The summed E-state index contributed by atoms with van der Waals surface area (Å²) in [6.45, 7) is 0.579. The Balaban J connectivity index is 1.63. The number of amides is 1. The molecule has 0 saturated carbocycles. The van der Waals surface area contributed by atoms with Crippen LogP contribution in [0.15, 0.2) is 48.8 Å². The number of carbonyl (C=O) groups is 1. The average Bonchev–Trinajstić information content (AvgIpc) is 3.07. The highest BCUT2D eigenvalue weighted by Crippen LogP contribution is 2.16. The maximum absolute atomic E-state index is 13.2. The molecule has 0 radical (unpaired) electrons. The number of aryl methyl sites for hydroxylation is 1. The molecule has 27 heavy (non-hydrogen) atoms. The fourth-order valence-corrected chi connectivity index (χ4v) is 2.49. The summed E-state index contributed by atoms with van der Waals surface area (Å²) in [6.07, 6.45) is 3.84. The smallest absolute Gasteiger partial charge is 0.277 e. The first-order chi connectivity index (χ1) is 12.9. The molecule has 8 heteroatoms. The van der Waals surface area contributed by atoms with E-state index in [4.69, 9.17) is 10.5 Å². The van der Waals surface area contributed by atoms with Crippen molar-refractivity contribution in [3.63, 3.8) is 0 Å². The monoisotopic (exact) mass is 374 g/mol. The van der Waals surface area contributed by atoms with Crippen molar-refractivity contribution < 1.29 is 18.3 Å². The van der Waals surface area contributed by atoms with Gasteiger partial charge in [-0.1, -0.05) is 12.1 Å². The van der Waals surface area contributed by atoms with E-state index in [9.17, 15) is 13.6 Å². The van der Waals surface area contributed by atoms with Crippen LogP contribution in [0.4, 0.5) is 8.78 Å². The number of aromatic nitrogens is 2. The molecule has 0 aliphatic rings. The first kappa shape index (κ1) is 18.8. The number of pyridine rings is 1. The Morgan fingerprint density at radius 1 is 1.30 bits per heavy atom. The summed E-state index contributed by atoms with van der Waals surface area (Å²) in [5.74, 6) is -3.30. The Morgan fingerprint density at radius 3 is 2.89 bits per heavy atom. The molecule has 1 aromatic carbocycles. The summed E-state index contributed by atoms with van der Waals surface area (Å²) in [6, 6.07) is 10.2. The van der Waals surface area contributed by atoms with Crippen molar-refractivity contribution >= 4 is 11.6 Å². The van der Waals surface area contributed by atoms with E-state index in [2.05, 4.69) is 10.3 Å². The van der Waals surface area contributed by atoms with Crippen LogP contribution >= 0.6 is 0 Å². The molecule has 0 atom stereocenters. The molecule has 0 fully saturated rings. The van der Waals surface area contributed by atoms with Crippen molar-refractivity contribution in [1.82, 2.24) is 14.7 Å². The number of ether oxygens (including phenoxy) is 1. The molecule has 0 unspecified atom stereocenters. The Labute approximate surface area is 155 Å². The molecule has 3 aromatic rings. The Bertz CT molecular complexity index is 956. The predicted octanol–water partition coefficient (Wildman–Crippen LogP) is 2.55. The van der Waals surface area contributed by atoms with Gasteiger partial charge < -0.3 is 20.2 Å².